The van der Waals surface area contributed by atoms with Crippen LogP contribution in [0, 0.1) is 28.4 Å². The van der Waals surface area contributed by atoms with Crippen molar-refractivity contribution in [1.29, 1.82) is 5.26 Å². The molecule has 1 amide bonds. The fraction of sp³-hybridized carbons (Fsp3) is 0.0476. The van der Waals surface area contributed by atoms with Crippen molar-refractivity contribution in [2.45, 2.75) is 11.8 Å². The number of nitro groups is 1. The summed E-state index contributed by atoms with van der Waals surface area (Å²) < 4.78 is 28.3. The molecule has 1 aromatic heterocycles. The average Bonchev–Trinajstić information content (AvgIpc) is 3.21. The van der Waals surface area contributed by atoms with Gasteiger partial charge in [0.15, 0.2) is 0 Å². The standard InChI is InChI=1S/C21H16N4O6S/c1-13-10-16(25(27)28)4-8-19(13)24-21(26)15(12-22)11-17-5-9-20(31-17)14-2-6-18(7-3-14)32(23,29)30/h2-11H,1H3,(H,24,26)(H2,23,29,30)/b15-11+. The number of rotatable bonds is 6. The molecule has 32 heavy (non-hydrogen) atoms. The topological polar surface area (TPSA) is 169 Å². The van der Waals surface area contributed by atoms with Gasteiger partial charge < -0.3 is 9.73 Å². The molecule has 0 bridgehead atoms. The van der Waals surface area contributed by atoms with E-state index in [1.807, 2.05) is 0 Å². The summed E-state index contributed by atoms with van der Waals surface area (Å²) in [6, 6.07) is 14.6. The molecular formula is C21H16N4O6S. The second-order valence-electron chi connectivity index (χ2n) is 6.65. The molecule has 0 saturated heterocycles. The van der Waals surface area contributed by atoms with Gasteiger partial charge in [-0.05, 0) is 55.0 Å². The van der Waals surface area contributed by atoms with E-state index in [-0.39, 0.29) is 21.9 Å². The molecule has 0 atom stereocenters. The lowest BCUT2D eigenvalue weighted by Crippen LogP contribution is -2.14. The lowest BCUT2D eigenvalue weighted by Gasteiger charge is -2.07. The van der Waals surface area contributed by atoms with Crippen molar-refractivity contribution in [3.8, 4) is 17.4 Å². The number of nitriles is 1. The van der Waals surface area contributed by atoms with Crippen LogP contribution in [0.2, 0.25) is 0 Å². The molecule has 0 aliphatic rings. The lowest BCUT2D eigenvalue weighted by atomic mass is 10.1. The minimum atomic E-state index is -3.81. The first kappa shape index (κ1) is 22.4. The lowest BCUT2D eigenvalue weighted by molar-refractivity contribution is -0.384. The molecule has 3 aromatic rings. The van der Waals surface area contributed by atoms with Gasteiger partial charge in [0.2, 0.25) is 10.0 Å². The zero-order valence-electron chi connectivity index (χ0n) is 16.6. The molecule has 162 valence electrons. The Morgan fingerprint density at radius 3 is 2.44 bits per heavy atom. The van der Waals surface area contributed by atoms with Crippen molar-refractivity contribution in [2.24, 2.45) is 5.14 Å². The van der Waals surface area contributed by atoms with Gasteiger partial charge in [-0.25, -0.2) is 13.6 Å². The molecule has 11 heteroatoms. The van der Waals surface area contributed by atoms with Crippen LogP contribution in [0.15, 0.2) is 69.5 Å². The Balaban J connectivity index is 1.80. The van der Waals surface area contributed by atoms with Crippen LogP contribution >= 0.6 is 0 Å². The smallest absolute Gasteiger partial charge is 0.269 e. The maximum atomic E-state index is 12.5. The summed E-state index contributed by atoms with van der Waals surface area (Å²) in [4.78, 5) is 22.7. The minimum Gasteiger partial charge on any atom is -0.457 e. The number of nitrogens with zero attached hydrogens (tertiary/aromatic N) is 2. The van der Waals surface area contributed by atoms with Crippen molar-refractivity contribution >= 4 is 33.4 Å². The Morgan fingerprint density at radius 2 is 1.88 bits per heavy atom. The van der Waals surface area contributed by atoms with Gasteiger partial charge in [0.1, 0.15) is 23.2 Å². The molecule has 0 aliphatic heterocycles. The van der Waals surface area contributed by atoms with Gasteiger partial charge in [-0.15, -0.1) is 0 Å². The largest absolute Gasteiger partial charge is 0.457 e. The van der Waals surface area contributed by atoms with E-state index in [1.54, 1.807) is 25.1 Å². The van der Waals surface area contributed by atoms with Gasteiger partial charge >= 0.3 is 0 Å². The summed E-state index contributed by atoms with van der Waals surface area (Å²) in [7, 11) is -3.81. The van der Waals surface area contributed by atoms with E-state index in [0.29, 0.717) is 22.6 Å². The fourth-order valence-corrected chi connectivity index (χ4v) is 3.29. The maximum Gasteiger partial charge on any atom is 0.269 e. The predicted octanol–water partition coefficient (Wildman–Crippen LogP) is 3.36. The number of carbonyl (C=O) groups is 1. The summed E-state index contributed by atoms with van der Waals surface area (Å²) >= 11 is 0. The van der Waals surface area contributed by atoms with Crippen LogP contribution in [0.25, 0.3) is 17.4 Å². The normalized spacial score (nSPS) is 11.6. The van der Waals surface area contributed by atoms with Gasteiger partial charge in [-0.3, -0.25) is 14.9 Å². The highest BCUT2D eigenvalue weighted by Crippen LogP contribution is 2.25. The summed E-state index contributed by atoms with van der Waals surface area (Å²) in [6.07, 6.45) is 1.25. The molecule has 0 unspecified atom stereocenters. The number of nitrogens with two attached hydrogens (primary N) is 1. The van der Waals surface area contributed by atoms with Crippen molar-refractivity contribution in [1.82, 2.24) is 0 Å². The van der Waals surface area contributed by atoms with Crippen molar-refractivity contribution < 1.29 is 22.6 Å². The Morgan fingerprint density at radius 1 is 1.19 bits per heavy atom. The highest BCUT2D eigenvalue weighted by molar-refractivity contribution is 7.89. The molecule has 2 aromatic carbocycles. The molecule has 0 aliphatic carbocycles. The quantitative estimate of drug-likeness (QED) is 0.250. The molecule has 3 rings (SSSR count). The molecule has 0 saturated carbocycles. The van der Waals surface area contributed by atoms with Crippen LogP contribution in [-0.2, 0) is 14.8 Å². The number of nitrogens with one attached hydrogen (secondary N) is 1. The molecule has 10 nitrogen and oxygen atoms in total. The van der Waals surface area contributed by atoms with Gasteiger partial charge in [-0.2, -0.15) is 5.26 Å². The van der Waals surface area contributed by atoms with Crippen LogP contribution in [0.1, 0.15) is 11.3 Å². The van der Waals surface area contributed by atoms with E-state index in [4.69, 9.17) is 9.56 Å². The number of anilines is 1. The molecule has 0 spiro atoms. The highest BCUT2D eigenvalue weighted by Gasteiger charge is 2.15. The molecule has 1 heterocycles. The van der Waals surface area contributed by atoms with Crippen LogP contribution in [0.3, 0.4) is 0 Å². The number of primary sulfonamides is 1. The number of non-ortho nitro benzene ring substituents is 1. The number of hydrogen-bond acceptors (Lipinski definition) is 7. The third-order valence-electron chi connectivity index (χ3n) is 4.41. The van der Waals surface area contributed by atoms with Gasteiger partial charge in [-0.1, -0.05) is 0 Å². The fourth-order valence-electron chi connectivity index (χ4n) is 2.78. The predicted molar refractivity (Wildman–Crippen MR) is 116 cm³/mol. The zero-order valence-corrected chi connectivity index (χ0v) is 17.4. The van der Waals surface area contributed by atoms with E-state index >= 15 is 0 Å². The van der Waals surface area contributed by atoms with Gasteiger partial charge in [0.05, 0.1) is 9.82 Å². The summed E-state index contributed by atoms with van der Waals surface area (Å²) in [5.41, 5.74) is 1.01. The Kier molecular flexibility index (Phi) is 6.20. The van der Waals surface area contributed by atoms with Crippen molar-refractivity contribution in [3.05, 3.63) is 81.6 Å². The highest BCUT2D eigenvalue weighted by atomic mass is 32.2. The maximum absolute atomic E-state index is 12.5. The Hall–Kier alpha value is -4.27. The second kappa shape index (κ2) is 8.84. The Bertz CT molecular complexity index is 1380. The Labute approximate surface area is 182 Å². The number of nitro benzene ring substituents is 1. The van der Waals surface area contributed by atoms with E-state index in [1.165, 1.54) is 48.5 Å². The van der Waals surface area contributed by atoms with E-state index in [0.717, 1.165) is 0 Å². The van der Waals surface area contributed by atoms with E-state index < -0.39 is 20.9 Å². The van der Waals surface area contributed by atoms with Crippen LogP contribution in [0.5, 0.6) is 0 Å². The number of carbonyl (C=O) groups excluding carboxylic acids is 1. The zero-order chi connectivity index (χ0) is 23.5. The molecular weight excluding hydrogens is 436 g/mol. The first-order valence-corrected chi connectivity index (χ1v) is 10.5. The van der Waals surface area contributed by atoms with Crippen LogP contribution in [-0.4, -0.2) is 19.2 Å². The number of hydrogen-bond donors (Lipinski definition) is 2. The third-order valence-corrected chi connectivity index (χ3v) is 5.34. The van der Waals surface area contributed by atoms with Crippen LogP contribution < -0.4 is 10.5 Å². The summed E-state index contributed by atoms with van der Waals surface area (Å²) in [5, 5.41) is 27.8. The average molecular weight is 452 g/mol. The van der Waals surface area contributed by atoms with Gasteiger partial charge in [0, 0.05) is 29.5 Å². The number of amides is 1. The second-order valence-corrected chi connectivity index (χ2v) is 8.21. The van der Waals surface area contributed by atoms with Crippen molar-refractivity contribution in [2.75, 3.05) is 5.32 Å². The molecule has 3 N–H and O–H groups in total. The first-order valence-electron chi connectivity index (χ1n) is 9.00. The van der Waals surface area contributed by atoms with Crippen molar-refractivity contribution in [3.63, 3.8) is 0 Å². The van der Waals surface area contributed by atoms with Crippen LogP contribution in [0.4, 0.5) is 11.4 Å². The SMILES string of the molecule is Cc1cc([N+](=O)[O-])ccc1NC(=O)/C(C#N)=C/c1ccc(-c2ccc(S(N)(=O)=O)cc2)o1. The van der Waals surface area contributed by atoms with Gasteiger partial charge in [0.25, 0.3) is 11.6 Å². The first-order chi connectivity index (χ1) is 15.1. The summed E-state index contributed by atoms with van der Waals surface area (Å²) in [5.74, 6) is -0.0938. The van der Waals surface area contributed by atoms with E-state index in [9.17, 15) is 28.6 Å². The number of sulfonamides is 1. The number of aryl methyl sites for hydroxylation is 1. The monoisotopic (exact) mass is 452 g/mol. The molecule has 0 fully saturated rings. The third kappa shape index (κ3) is 5.07. The number of benzene rings is 2. The summed E-state index contributed by atoms with van der Waals surface area (Å²) in [6.45, 7) is 1.60. The minimum absolute atomic E-state index is 0.0436. The van der Waals surface area contributed by atoms with E-state index in [2.05, 4.69) is 5.32 Å². The number of furan rings is 1. The molecule has 0 radical (unpaired) electrons.